The first-order chi connectivity index (χ1) is 15.3. The van der Waals surface area contributed by atoms with E-state index in [0.29, 0.717) is 18.2 Å². The number of Topliss-reactive ketones (excluding diaryl/α,β-unsaturated/α-hetero) is 1. The first-order valence-electron chi connectivity index (χ1n) is 13.0. The standard InChI is InChI=1S/C28H38N2O2/c1-27(32)13-11-20-18(15-27)7-8-22-21(20)12-14-28(2)23(22)9-10-24(28)26(31)17-30-16-19-5-3-4-6-25(19)29-30/h3-6,16,18,20-24,32H,7-15,17H2,1-2H3/t18-,20+,21-,22-,23+,24-,27-,28+/m1/s1. The Morgan fingerprint density at radius 3 is 2.69 bits per heavy atom. The maximum absolute atomic E-state index is 13.5. The Balaban J connectivity index is 1.18. The highest BCUT2D eigenvalue weighted by Gasteiger charge is 2.58. The third-order valence-corrected chi connectivity index (χ3v) is 10.4. The van der Waals surface area contributed by atoms with Crippen LogP contribution in [0.5, 0.6) is 0 Å². The van der Waals surface area contributed by atoms with E-state index in [-0.39, 0.29) is 11.3 Å². The molecule has 1 aromatic carbocycles. The molecule has 0 amide bonds. The smallest absolute Gasteiger partial charge is 0.157 e. The van der Waals surface area contributed by atoms with Crippen LogP contribution in [0, 0.1) is 40.9 Å². The first kappa shape index (κ1) is 20.9. The minimum absolute atomic E-state index is 0.165. The van der Waals surface area contributed by atoms with Crippen LogP contribution in [0.15, 0.2) is 30.5 Å². The second kappa shape index (κ2) is 7.41. The number of carbonyl (C=O) groups is 1. The summed E-state index contributed by atoms with van der Waals surface area (Å²) in [5, 5.41) is 16.4. The monoisotopic (exact) mass is 434 g/mol. The number of rotatable bonds is 3. The maximum Gasteiger partial charge on any atom is 0.157 e. The molecule has 1 N–H and O–H groups in total. The molecule has 0 aliphatic heterocycles. The van der Waals surface area contributed by atoms with Crippen LogP contribution in [0.3, 0.4) is 0 Å². The summed E-state index contributed by atoms with van der Waals surface area (Å²) in [4.78, 5) is 13.5. The van der Waals surface area contributed by atoms with Crippen molar-refractivity contribution >= 4 is 16.7 Å². The fourth-order valence-electron chi connectivity index (χ4n) is 8.98. The molecule has 4 aliphatic carbocycles. The van der Waals surface area contributed by atoms with Gasteiger partial charge in [0.15, 0.2) is 5.78 Å². The molecule has 0 spiro atoms. The van der Waals surface area contributed by atoms with E-state index in [9.17, 15) is 9.90 Å². The molecular weight excluding hydrogens is 396 g/mol. The Morgan fingerprint density at radius 1 is 1.03 bits per heavy atom. The molecule has 4 heteroatoms. The number of fused-ring (bicyclic) bond motifs is 6. The van der Waals surface area contributed by atoms with Gasteiger partial charge in [-0.15, -0.1) is 0 Å². The average molecular weight is 435 g/mol. The lowest BCUT2D eigenvalue weighted by atomic mass is 9.49. The van der Waals surface area contributed by atoms with Gasteiger partial charge in [0.1, 0.15) is 0 Å². The van der Waals surface area contributed by atoms with Gasteiger partial charge >= 0.3 is 0 Å². The van der Waals surface area contributed by atoms with Gasteiger partial charge in [0.25, 0.3) is 0 Å². The average Bonchev–Trinajstić information content (AvgIpc) is 3.32. The van der Waals surface area contributed by atoms with E-state index in [1.807, 2.05) is 36.0 Å². The van der Waals surface area contributed by atoms with Gasteiger partial charge in [-0.3, -0.25) is 9.48 Å². The van der Waals surface area contributed by atoms with Gasteiger partial charge < -0.3 is 5.11 Å². The number of carbonyl (C=O) groups excluding carboxylic acids is 1. The molecule has 0 bridgehead atoms. The fourth-order valence-corrected chi connectivity index (χ4v) is 8.98. The van der Waals surface area contributed by atoms with Gasteiger partial charge in [0, 0.05) is 17.5 Å². The van der Waals surface area contributed by atoms with Crippen molar-refractivity contribution in [3.05, 3.63) is 30.5 Å². The summed E-state index contributed by atoms with van der Waals surface area (Å²) in [6.07, 6.45) is 12.6. The van der Waals surface area contributed by atoms with Crippen LogP contribution in [-0.4, -0.2) is 26.3 Å². The van der Waals surface area contributed by atoms with Crippen LogP contribution >= 0.6 is 0 Å². The Morgan fingerprint density at radius 2 is 1.84 bits per heavy atom. The molecule has 8 atom stereocenters. The van der Waals surface area contributed by atoms with E-state index in [4.69, 9.17) is 0 Å². The summed E-state index contributed by atoms with van der Waals surface area (Å²) in [6, 6.07) is 8.12. The van der Waals surface area contributed by atoms with Crippen LogP contribution in [0.25, 0.3) is 10.9 Å². The van der Waals surface area contributed by atoms with Crippen LogP contribution in [0.4, 0.5) is 0 Å². The highest BCUT2D eigenvalue weighted by Crippen LogP contribution is 2.64. The summed E-state index contributed by atoms with van der Waals surface area (Å²) >= 11 is 0. The lowest BCUT2D eigenvalue weighted by Gasteiger charge is -2.56. The zero-order valence-corrected chi connectivity index (χ0v) is 19.7. The third-order valence-electron chi connectivity index (χ3n) is 10.4. The SMILES string of the molecule is C[C@@]1(O)CC[C@H]2[C@H](CC[C@@H]3[C@@H]2CC[C@]2(C)[C@@H](C(=O)Cn4cc5ccccc5n4)CC[C@@H]32)C1. The van der Waals surface area contributed by atoms with Crippen molar-refractivity contribution in [1.29, 1.82) is 0 Å². The highest BCUT2D eigenvalue weighted by atomic mass is 16.3. The second-order valence-corrected chi connectivity index (χ2v) is 12.2. The van der Waals surface area contributed by atoms with Crippen LogP contribution in [0.1, 0.15) is 71.6 Å². The molecule has 6 rings (SSSR count). The molecular formula is C28H38N2O2. The topological polar surface area (TPSA) is 55.1 Å². The minimum atomic E-state index is -0.445. The number of aliphatic hydroxyl groups is 1. The lowest BCUT2D eigenvalue weighted by Crippen LogP contribution is -2.51. The quantitative estimate of drug-likeness (QED) is 0.682. The normalized spacial score (nSPS) is 43.5. The Bertz CT molecular complexity index is 992. The summed E-state index contributed by atoms with van der Waals surface area (Å²) in [5.41, 5.74) is 0.691. The van der Waals surface area contributed by atoms with E-state index in [1.54, 1.807) is 0 Å². The van der Waals surface area contributed by atoms with Gasteiger partial charge in [0.05, 0.1) is 17.7 Å². The summed E-state index contributed by atoms with van der Waals surface area (Å²) < 4.78 is 1.87. The Hall–Kier alpha value is -1.68. The van der Waals surface area contributed by atoms with Crippen LogP contribution in [-0.2, 0) is 11.3 Å². The van der Waals surface area contributed by atoms with Gasteiger partial charge in [-0.2, -0.15) is 5.10 Å². The van der Waals surface area contributed by atoms with Crippen molar-refractivity contribution in [3.8, 4) is 0 Å². The molecule has 2 aromatic rings. The van der Waals surface area contributed by atoms with Gasteiger partial charge in [-0.25, -0.2) is 0 Å². The number of ketones is 1. The molecule has 4 nitrogen and oxygen atoms in total. The molecule has 0 unspecified atom stereocenters. The Labute approximate surface area is 191 Å². The summed E-state index contributed by atoms with van der Waals surface area (Å²) in [5.74, 6) is 4.43. The Kier molecular flexibility index (Phi) is 4.84. The molecule has 4 aliphatic rings. The molecule has 1 heterocycles. The van der Waals surface area contributed by atoms with Crippen molar-refractivity contribution in [3.63, 3.8) is 0 Å². The molecule has 0 saturated heterocycles. The maximum atomic E-state index is 13.5. The van der Waals surface area contributed by atoms with E-state index in [0.717, 1.165) is 53.8 Å². The summed E-state index contributed by atoms with van der Waals surface area (Å²) in [7, 11) is 0. The van der Waals surface area contributed by atoms with Crippen molar-refractivity contribution in [1.82, 2.24) is 9.78 Å². The minimum Gasteiger partial charge on any atom is -0.390 e. The molecule has 4 fully saturated rings. The molecule has 1 aromatic heterocycles. The molecule has 172 valence electrons. The number of benzene rings is 1. The van der Waals surface area contributed by atoms with E-state index < -0.39 is 5.60 Å². The van der Waals surface area contributed by atoms with Crippen LogP contribution < -0.4 is 0 Å². The molecule has 4 saturated carbocycles. The number of aromatic nitrogens is 2. The van der Waals surface area contributed by atoms with Crippen LogP contribution in [0.2, 0.25) is 0 Å². The van der Waals surface area contributed by atoms with Gasteiger partial charge in [0.2, 0.25) is 0 Å². The summed E-state index contributed by atoms with van der Waals surface area (Å²) in [6.45, 7) is 4.90. The van der Waals surface area contributed by atoms with E-state index in [1.165, 1.54) is 38.5 Å². The fraction of sp³-hybridized carbons (Fsp3) is 0.714. The van der Waals surface area contributed by atoms with Crippen molar-refractivity contribution in [2.75, 3.05) is 0 Å². The predicted molar refractivity (Wildman–Crippen MR) is 126 cm³/mol. The van der Waals surface area contributed by atoms with E-state index in [2.05, 4.69) is 18.1 Å². The second-order valence-electron chi connectivity index (χ2n) is 12.2. The predicted octanol–water partition coefficient (Wildman–Crippen LogP) is 5.63. The molecule has 32 heavy (non-hydrogen) atoms. The number of hydrogen-bond donors (Lipinski definition) is 1. The zero-order chi connectivity index (χ0) is 22.1. The number of hydrogen-bond acceptors (Lipinski definition) is 3. The first-order valence-corrected chi connectivity index (χ1v) is 13.0. The third kappa shape index (κ3) is 3.28. The lowest BCUT2D eigenvalue weighted by molar-refractivity contribution is -0.133. The van der Waals surface area contributed by atoms with Crippen molar-refractivity contribution < 1.29 is 9.90 Å². The van der Waals surface area contributed by atoms with Crippen molar-refractivity contribution in [2.45, 2.75) is 83.8 Å². The number of nitrogens with zero attached hydrogens (tertiary/aromatic N) is 2. The van der Waals surface area contributed by atoms with Gasteiger partial charge in [-0.1, -0.05) is 25.1 Å². The zero-order valence-electron chi connectivity index (χ0n) is 19.7. The van der Waals surface area contributed by atoms with E-state index >= 15 is 0 Å². The largest absolute Gasteiger partial charge is 0.390 e. The van der Waals surface area contributed by atoms with Gasteiger partial charge in [-0.05, 0) is 106 Å². The molecule has 0 radical (unpaired) electrons. The van der Waals surface area contributed by atoms with Crippen molar-refractivity contribution in [2.24, 2.45) is 40.9 Å². The highest BCUT2D eigenvalue weighted by molar-refractivity contribution is 5.83.